The Kier molecular flexibility index (Phi) is 1.23. The van der Waals surface area contributed by atoms with Gasteiger partial charge in [-0.05, 0) is 0 Å². The van der Waals surface area contributed by atoms with Crippen LogP contribution >= 0.6 is 0 Å². The third-order valence-electron chi connectivity index (χ3n) is 1.16. The van der Waals surface area contributed by atoms with E-state index in [1.807, 2.05) is 0 Å². The molecule has 2 nitrogen and oxygen atoms in total. The van der Waals surface area contributed by atoms with E-state index < -0.39 is 13.7 Å². The van der Waals surface area contributed by atoms with E-state index in [4.69, 9.17) is 9.38 Å². The first kappa shape index (κ1) is 5.34. The molecule has 1 rings (SSSR count). The second-order valence-electron chi connectivity index (χ2n) is 2.11. The Morgan fingerprint density at radius 2 is 1.57 bits per heavy atom. The van der Waals surface area contributed by atoms with Crippen LogP contribution in [0, 0.1) is 0 Å². The van der Waals surface area contributed by atoms with Crippen LogP contribution in [0.4, 0.5) is 0 Å². The van der Waals surface area contributed by atoms with E-state index in [2.05, 4.69) is 12.2 Å². The van der Waals surface area contributed by atoms with Crippen LogP contribution in [0.25, 0.3) is 0 Å². The van der Waals surface area contributed by atoms with Gasteiger partial charge in [-0.2, -0.15) is 0 Å². The summed E-state index contributed by atoms with van der Waals surface area (Å²) in [7, 11) is 0. The van der Waals surface area contributed by atoms with E-state index in [1.165, 1.54) is 0 Å². The monoisotopic (exact) mass is 160 g/mol. The van der Waals surface area contributed by atoms with Crippen LogP contribution in [0.2, 0.25) is 10.5 Å². The van der Waals surface area contributed by atoms with Gasteiger partial charge in [0.15, 0.2) is 0 Å². The predicted molar refractivity (Wildman–Crippen MR) is 32.9 cm³/mol. The standard InChI is InChI=1S/C4H10GeN2/c6-5(7)3-1-2-4-5/h1-2H,3-4,6-7H2. The van der Waals surface area contributed by atoms with Gasteiger partial charge in [-0.3, -0.25) is 0 Å². The van der Waals surface area contributed by atoms with E-state index in [1.54, 1.807) is 0 Å². The fraction of sp³-hybridized carbons (Fsp3) is 0.500. The summed E-state index contributed by atoms with van der Waals surface area (Å²) in [6.45, 7) is 0. The summed E-state index contributed by atoms with van der Waals surface area (Å²) in [5.41, 5.74) is 0. The van der Waals surface area contributed by atoms with Crippen molar-refractivity contribution in [3.63, 3.8) is 0 Å². The van der Waals surface area contributed by atoms with Crippen molar-refractivity contribution in [2.24, 2.45) is 9.38 Å². The third-order valence-corrected chi connectivity index (χ3v) is 5.34. The van der Waals surface area contributed by atoms with Crippen LogP contribution in [0.15, 0.2) is 12.2 Å². The molecule has 0 aromatic carbocycles. The molecule has 0 aliphatic carbocycles. The first-order chi connectivity index (χ1) is 3.21. The van der Waals surface area contributed by atoms with Crippen LogP contribution in [-0.4, -0.2) is 13.7 Å². The maximum atomic E-state index is 5.68. The second-order valence-corrected chi connectivity index (χ2v) is 9.00. The van der Waals surface area contributed by atoms with Crippen LogP contribution in [0.5, 0.6) is 0 Å². The van der Waals surface area contributed by atoms with Crippen molar-refractivity contribution in [3.05, 3.63) is 12.2 Å². The molecule has 0 aromatic heterocycles. The minimum atomic E-state index is -2.08. The second kappa shape index (κ2) is 1.61. The molecular formula is C4H10GeN2. The molecule has 1 aliphatic heterocycles. The van der Waals surface area contributed by atoms with E-state index >= 15 is 0 Å². The van der Waals surface area contributed by atoms with Gasteiger partial charge in [0, 0.05) is 0 Å². The molecule has 0 saturated heterocycles. The summed E-state index contributed by atoms with van der Waals surface area (Å²) in [5.74, 6) is 0. The average molecular weight is 159 g/mol. The number of hydrogen-bond donors (Lipinski definition) is 2. The van der Waals surface area contributed by atoms with E-state index in [-0.39, 0.29) is 0 Å². The number of nitrogens with two attached hydrogens (primary N) is 2. The van der Waals surface area contributed by atoms with Crippen molar-refractivity contribution in [1.82, 2.24) is 0 Å². The summed E-state index contributed by atoms with van der Waals surface area (Å²) >= 11 is -2.08. The SMILES string of the molecule is [NH2][Ge]1([NH2])[CH2]C=C[CH2]1. The maximum absolute atomic E-state index is 5.68. The fourth-order valence-corrected chi connectivity index (χ4v) is 3.58. The van der Waals surface area contributed by atoms with Crippen molar-refractivity contribution < 1.29 is 0 Å². The molecule has 1 heterocycles. The Labute approximate surface area is 46.4 Å². The quantitative estimate of drug-likeness (QED) is 0.383. The summed E-state index contributed by atoms with van der Waals surface area (Å²) in [6.07, 6.45) is 4.19. The van der Waals surface area contributed by atoms with Gasteiger partial charge in [0.2, 0.25) is 0 Å². The average Bonchev–Trinajstić information content (AvgIpc) is 1.84. The molecule has 7 heavy (non-hydrogen) atoms. The summed E-state index contributed by atoms with van der Waals surface area (Å²) < 4.78 is 11.4. The molecule has 0 bridgehead atoms. The Morgan fingerprint density at radius 1 is 1.14 bits per heavy atom. The van der Waals surface area contributed by atoms with Crippen molar-refractivity contribution in [2.75, 3.05) is 0 Å². The molecule has 40 valence electrons. The van der Waals surface area contributed by atoms with E-state index in [0.717, 1.165) is 10.5 Å². The molecule has 0 amide bonds. The van der Waals surface area contributed by atoms with Gasteiger partial charge in [-0.25, -0.2) is 0 Å². The molecule has 0 atom stereocenters. The topological polar surface area (TPSA) is 52.0 Å². The molecule has 4 N–H and O–H groups in total. The van der Waals surface area contributed by atoms with Crippen molar-refractivity contribution >= 4 is 13.7 Å². The first-order valence-corrected chi connectivity index (χ1v) is 7.82. The number of rotatable bonds is 0. The molecule has 3 heteroatoms. The van der Waals surface area contributed by atoms with Crippen molar-refractivity contribution in [2.45, 2.75) is 10.5 Å². The molecule has 1 aliphatic rings. The van der Waals surface area contributed by atoms with Crippen LogP contribution in [0.3, 0.4) is 0 Å². The Hall–Kier alpha value is 0.203. The zero-order valence-corrected chi connectivity index (χ0v) is 6.32. The van der Waals surface area contributed by atoms with Gasteiger partial charge in [-0.15, -0.1) is 0 Å². The summed E-state index contributed by atoms with van der Waals surface area (Å²) in [5, 5.41) is 2.03. The Bertz CT molecular complexity index is 87.9. The van der Waals surface area contributed by atoms with E-state index in [9.17, 15) is 0 Å². The molecule has 0 unspecified atom stereocenters. The van der Waals surface area contributed by atoms with Gasteiger partial charge >= 0.3 is 45.8 Å². The fourth-order valence-electron chi connectivity index (χ4n) is 0.689. The number of allylic oxidation sites excluding steroid dienone is 2. The van der Waals surface area contributed by atoms with Crippen molar-refractivity contribution in [3.8, 4) is 0 Å². The molecule has 0 spiro atoms. The van der Waals surface area contributed by atoms with Gasteiger partial charge in [0.25, 0.3) is 0 Å². The predicted octanol–water partition coefficient (Wildman–Crippen LogP) is -0.0842. The van der Waals surface area contributed by atoms with Gasteiger partial charge in [-0.1, -0.05) is 0 Å². The first-order valence-electron chi connectivity index (χ1n) is 2.43. The molecule has 0 saturated carbocycles. The van der Waals surface area contributed by atoms with Crippen LogP contribution in [0.1, 0.15) is 0 Å². The molecule has 0 radical (unpaired) electrons. The molecular weight excluding hydrogens is 149 g/mol. The van der Waals surface area contributed by atoms with Gasteiger partial charge < -0.3 is 0 Å². The summed E-state index contributed by atoms with van der Waals surface area (Å²) in [4.78, 5) is 0. The molecule has 0 fully saturated rings. The zero-order chi connectivity index (χ0) is 5.33. The Morgan fingerprint density at radius 3 is 1.71 bits per heavy atom. The molecule has 0 aromatic rings. The van der Waals surface area contributed by atoms with E-state index in [0.29, 0.717) is 0 Å². The minimum absolute atomic E-state index is 1.01. The normalized spacial score (nSPS) is 26.0. The van der Waals surface area contributed by atoms with Crippen LogP contribution in [-0.2, 0) is 0 Å². The van der Waals surface area contributed by atoms with Gasteiger partial charge in [0.05, 0.1) is 0 Å². The zero-order valence-electron chi connectivity index (χ0n) is 4.22. The van der Waals surface area contributed by atoms with Gasteiger partial charge in [0.1, 0.15) is 0 Å². The van der Waals surface area contributed by atoms with Crippen molar-refractivity contribution in [1.29, 1.82) is 0 Å². The summed E-state index contributed by atoms with van der Waals surface area (Å²) in [6, 6.07) is 0. The number of hydrogen-bond acceptors (Lipinski definition) is 2. The Balaban J connectivity index is 2.49. The third kappa shape index (κ3) is 1.29. The van der Waals surface area contributed by atoms with Crippen LogP contribution < -0.4 is 9.38 Å².